The monoisotopic (exact) mass is 678 g/mol. The number of hydrogen-bond donors (Lipinski definition) is 4. The van der Waals surface area contributed by atoms with Crippen molar-refractivity contribution in [3.8, 4) is 5.75 Å². The zero-order chi connectivity index (χ0) is 34.6. The third kappa shape index (κ3) is 7.66. The molecule has 2 fully saturated rings. The Balaban J connectivity index is 1.58. The highest BCUT2D eigenvalue weighted by Gasteiger charge is 2.42. The fourth-order valence-electron chi connectivity index (χ4n) is 6.20. The van der Waals surface area contributed by atoms with Crippen LogP contribution in [0.25, 0.3) is 10.9 Å². The number of methoxy groups -OCH3 is 1. The number of ether oxygens (including phenoxy) is 1. The number of aromatic nitrogens is 2. The molecule has 0 bridgehead atoms. The summed E-state index contributed by atoms with van der Waals surface area (Å²) in [6.07, 6.45) is 6.34. The average Bonchev–Trinajstić information content (AvgIpc) is 3.62. The third-order valence-electron chi connectivity index (χ3n) is 9.11. The van der Waals surface area contributed by atoms with E-state index in [0.29, 0.717) is 34.7 Å². The Kier molecular flexibility index (Phi) is 11.1. The summed E-state index contributed by atoms with van der Waals surface area (Å²) >= 11 is 6.76. The normalized spacial score (nSPS) is 17.9. The van der Waals surface area contributed by atoms with Crippen LogP contribution in [0.4, 0.5) is 22.9 Å². The van der Waals surface area contributed by atoms with Crippen LogP contribution in [-0.2, 0) is 14.4 Å². The molecule has 3 amide bonds. The number of piperidine rings is 1. The van der Waals surface area contributed by atoms with Gasteiger partial charge in [-0.25, -0.2) is 14.9 Å². The van der Waals surface area contributed by atoms with Crippen molar-refractivity contribution in [3.63, 3.8) is 0 Å². The smallest absolute Gasteiger partial charge is 0.257 e. The van der Waals surface area contributed by atoms with E-state index in [9.17, 15) is 14.4 Å². The standard InChI is InChI=1S/C35H47ClN8O4/c1-21(37-5)32(45)42-30(35(2,3)4)34(47)44(33(46)25-11-10-14-38-25)28-18-23-26(19-29(28)48-6)39-20-40-31(23)41-22-12-13-27(24(36)17-22)43-15-8-7-9-16-43/h12-13,17-21,25,30,37-38H,7-11,14-16H2,1-6H3,(H,42,45)(H,39,40,41)/t21-,25-,30+/m0/s1. The molecule has 0 unspecified atom stereocenters. The predicted molar refractivity (Wildman–Crippen MR) is 190 cm³/mol. The molecule has 258 valence electrons. The van der Waals surface area contributed by atoms with E-state index in [-0.39, 0.29) is 17.3 Å². The van der Waals surface area contributed by atoms with Gasteiger partial charge in [-0.3, -0.25) is 14.4 Å². The Morgan fingerprint density at radius 3 is 2.46 bits per heavy atom. The van der Waals surface area contributed by atoms with Crippen LogP contribution in [0.2, 0.25) is 5.02 Å². The Hall–Kier alpha value is -4.00. The molecule has 12 nitrogen and oxygen atoms in total. The first kappa shape index (κ1) is 35.3. The van der Waals surface area contributed by atoms with E-state index in [1.54, 1.807) is 26.1 Å². The lowest BCUT2D eigenvalue weighted by molar-refractivity contribution is -0.134. The van der Waals surface area contributed by atoms with Crippen LogP contribution in [0.3, 0.4) is 0 Å². The molecule has 2 aliphatic rings. The van der Waals surface area contributed by atoms with E-state index in [0.717, 1.165) is 48.6 Å². The minimum Gasteiger partial charge on any atom is -0.494 e. The van der Waals surface area contributed by atoms with Crippen molar-refractivity contribution in [3.05, 3.63) is 41.7 Å². The molecule has 13 heteroatoms. The van der Waals surface area contributed by atoms with Crippen molar-refractivity contribution in [1.82, 2.24) is 25.9 Å². The largest absolute Gasteiger partial charge is 0.494 e. The second-order valence-corrected chi connectivity index (χ2v) is 14.0. The van der Waals surface area contributed by atoms with Crippen molar-refractivity contribution in [2.24, 2.45) is 5.41 Å². The maximum Gasteiger partial charge on any atom is 0.257 e. The number of hydrogen-bond acceptors (Lipinski definition) is 10. The Morgan fingerprint density at radius 1 is 1.08 bits per heavy atom. The fourth-order valence-corrected chi connectivity index (χ4v) is 6.50. The fraction of sp³-hybridized carbons (Fsp3) is 0.514. The molecule has 5 rings (SSSR count). The Labute approximate surface area is 287 Å². The maximum atomic E-state index is 14.6. The summed E-state index contributed by atoms with van der Waals surface area (Å²) in [6, 6.07) is 7.07. The first-order chi connectivity index (χ1) is 22.9. The number of carbonyl (C=O) groups excluding carboxylic acids is 3. The van der Waals surface area contributed by atoms with Gasteiger partial charge in [0.25, 0.3) is 11.8 Å². The van der Waals surface area contributed by atoms with Gasteiger partial charge in [-0.2, -0.15) is 0 Å². The molecule has 0 radical (unpaired) electrons. The van der Waals surface area contributed by atoms with Gasteiger partial charge in [-0.15, -0.1) is 0 Å². The molecule has 3 aromatic rings. The molecule has 0 saturated carbocycles. The number of carbonyl (C=O) groups is 3. The maximum absolute atomic E-state index is 14.6. The number of imide groups is 1. The summed E-state index contributed by atoms with van der Waals surface area (Å²) < 4.78 is 5.78. The van der Waals surface area contributed by atoms with Gasteiger partial charge in [-0.05, 0) is 82.3 Å². The van der Waals surface area contributed by atoms with Crippen molar-refractivity contribution < 1.29 is 19.1 Å². The number of likely N-dealkylation sites (N-methyl/N-ethyl adjacent to an activating group) is 1. The number of halogens is 1. The molecule has 2 aliphatic heterocycles. The molecule has 3 atom stereocenters. The Bertz CT molecular complexity index is 1650. The van der Waals surface area contributed by atoms with Gasteiger partial charge in [0.15, 0.2) is 0 Å². The highest BCUT2D eigenvalue weighted by Crippen LogP contribution is 2.38. The Morgan fingerprint density at radius 2 is 1.83 bits per heavy atom. The lowest BCUT2D eigenvalue weighted by Crippen LogP contribution is -2.60. The second-order valence-electron chi connectivity index (χ2n) is 13.6. The predicted octanol–water partition coefficient (Wildman–Crippen LogP) is 4.78. The minimum absolute atomic E-state index is 0.232. The van der Waals surface area contributed by atoms with Crippen LogP contribution in [0, 0.1) is 5.41 Å². The first-order valence-corrected chi connectivity index (χ1v) is 17.0. The molecule has 3 heterocycles. The van der Waals surface area contributed by atoms with Crippen LogP contribution in [0.15, 0.2) is 36.7 Å². The van der Waals surface area contributed by atoms with Crippen LogP contribution >= 0.6 is 11.6 Å². The van der Waals surface area contributed by atoms with Gasteiger partial charge in [0, 0.05) is 30.2 Å². The number of benzene rings is 2. The lowest BCUT2D eigenvalue weighted by Gasteiger charge is -2.36. The third-order valence-corrected chi connectivity index (χ3v) is 9.41. The van der Waals surface area contributed by atoms with Gasteiger partial charge in [0.2, 0.25) is 5.91 Å². The van der Waals surface area contributed by atoms with Crippen LogP contribution in [-0.4, -0.2) is 79.6 Å². The number of nitrogens with one attached hydrogen (secondary N) is 4. The zero-order valence-electron chi connectivity index (χ0n) is 28.7. The van der Waals surface area contributed by atoms with Gasteiger partial charge < -0.3 is 30.9 Å². The number of rotatable bonds is 10. The zero-order valence-corrected chi connectivity index (χ0v) is 29.4. The van der Waals surface area contributed by atoms with E-state index < -0.39 is 35.4 Å². The van der Waals surface area contributed by atoms with Gasteiger partial charge in [-0.1, -0.05) is 32.4 Å². The van der Waals surface area contributed by atoms with Crippen molar-refractivity contribution in [2.75, 3.05) is 48.9 Å². The van der Waals surface area contributed by atoms with Crippen molar-refractivity contribution in [2.45, 2.75) is 77.9 Å². The summed E-state index contributed by atoms with van der Waals surface area (Å²) in [5, 5.41) is 13.6. The van der Waals surface area contributed by atoms with E-state index in [2.05, 4.69) is 36.1 Å². The topological polar surface area (TPSA) is 141 Å². The van der Waals surface area contributed by atoms with Gasteiger partial charge in [0.1, 0.15) is 23.9 Å². The minimum atomic E-state index is -1.03. The van der Waals surface area contributed by atoms with Crippen LogP contribution in [0.5, 0.6) is 5.75 Å². The number of amides is 3. The van der Waals surface area contributed by atoms with Gasteiger partial charge >= 0.3 is 0 Å². The second kappa shape index (κ2) is 15.0. The van der Waals surface area contributed by atoms with E-state index >= 15 is 0 Å². The first-order valence-electron chi connectivity index (χ1n) is 16.7. The number of anilines is 4. The summed E-state index contributed by atoms with van der Waals surface area (Å²) in [6.45, 7) is 9.88. The molecular formula is C35H47ClN8O4. The average molecular weight is 679 g/mol. The van der Waals surface area contributed by atoms with Crippen LogP contribution in [0.1, 0.15) is 59.8 Å². The van der Waals surface area contributed by atoms with Gasteiger partial charge in [0.05, 0.1) is 41.1 Å². The SMILES string of the molecule is CN[C@@H](C)C(=O)N[C@H](C(=O)N(C(=O)[C@@H]1CCCN1)c1cc2c(Nc3ccc(N4CCCCC4)c(Cl)c3)ncnc2cc1OC)C(C)(C)C. The molecule has 1 aromatic heterocycles. The summed E-state index contributed by atoms with van der Waals surface area (Å²) in [5.74, 6) is -0.599. The molecule has 2 saturated heterocycles. The van der Waals surface area contributed by atoms with Crippen molar-refractivity contribution in [1.29, 1.82) is 0 Å². The molecule has 4 N–H and O–H groups in total. The highest BCUT2D eigenvalue weighted by atomic mass is 35.5. The summed E-state index contributed by atoms with van der Waals surface area (Å²) in [4.78, 5) is 54.4. The molecular weight excluding hydrogens is 632 g/mol. The summed E-state index contributed by atoms with van der Waals surface area (Å²) in [5.41, 5.74) is 1.77. The molecule has 0 aliphatic carbocycles. The quantitative estimate of drug-likeness (QED) is 0.237. The highest BCUT2D eigenvalue weighted by molar-refractivity contribution is 6.33. The lowest BCUT2D eigenvalue weighted by atomic mass is 9.85. The molecule has 0 spiro atoms. The van der Waals surface area contributed by atoms with E-state index in [1.807, 2.05) is 39.0 Å². The molecule has 2 aromatic carbocycles. The molecule has 48 heavy (non-hydrogen) atoms. The number of nitrogens with zero attached hydrogens (tertiary/aromatic N) is 4. The van der Waals surface area contributed by atoms with E-state index in [1.165, 1.54) is 19.9 Å². The summed E-state index contributed by atoms with van der Waals surface area (Å²) in [7, 11) is 3.15. The van der Waals surface area contributed by atoms with Crippen molar-refractivity contribution >= 4 is 63.1 Å². The number of fused-ring (bicyclic) bond motifs is 1. The van der Waals surface area contributed by atoms with Crippen LogP contribution < -0.4 is 35.8 Å². The van der Waals surface area contributed by atoms with E-state index in [4.69, 9.17) is 16.3 Å².